The second-order valence-electron chi connectivity index (χ2n) is 8.46. The van der Waals surface area contributed by atoms with Crippen LogP contribution in [0.15, 0.2) is 0 Å². The van der Waals surface area contributed by atoms with Crippen molar-refractivity contribution >= 4 is 34.5 Å². The highest BCUT2D eigenvalue weighted by Crippen LogP contribution is 2.16. The van der Waals surface area contributed by atoms with Gasteiger partial charge in [0.25, 0.3) is 0 Å². The van der Waals surface area contributed by atoms with Gasteiger partial charge in [0, 0.05) is 6.42 Å². The molecule has 0 aliphatic carbocycles. The molecule has 0 amide bonds. The van der Waals surface area contributed by atoms with Crippen LogP contribution in [0.4, 0.5) is 0 Å². The van der Waals surface area contributed by atoms with Crippen molar-refractivity contribution in [3.63, 3.8) is 0 Å². The van der Waals surface area contributed by atoms with Crippen LogP contribution in [0.3, 0.4) is 0 Å². The van der Waals surface area contributed by atoms with Gasteiger partial charge in [-0.1, -0.05) is 138 Å². The van der Waals surface area contributed by atoms with Gasteiger partial charge in [-0.3, -0.25) is 9.59 Å². The summed E-state index contributed by atoms with van der Waals surface area (Å²) in [7, 11) is 0. The van der Waals surface area contributed by atoms with Crippen molar-refractivity contribution in [2.45, 2.75) is 139 Å². The van der Waals surface area contributed by atoms with Gasteiger partial charge in [0.15, 0.2) is 0 Å². The summed E-state index contributed by atoms with van der Waals surface area (Å²) < 4.78 is -0.213. The van der Waals surface area contributed by atoms with Crippen molar-refractivity contribution in [2.24, 2.45) is 0 Å². The van der Waals surface area contributed by atoms with Crippen LogP contribution in [-0.2, 0) is 9.59 Å². The van der Waals surface area contributed by atoms with Crippen molar-refractivity contribution in [3.05, 3.63) is 0 Å². The van der Waals surface area contributed by atoms with E-state index in [0.29, 0.717) is 6.42 Å². The van der Waals surface area contributed by atoms with Gasteiger partial charge >= 0.3 is 11.9 Å². The van der Waals surface area contributed by atoms with Gasteiger partial charge in [-0.2, -0.15) is 0 Å². The third-order valence-electron chi connectivity index (χ3n) is 5.62. The molecule has 2 N–H and O–H groups in total. The molecule has 0 bridgehead atoms. The highest BCUT2D eigenvalue weighted by molar-refractivity contribution is 14.1. The van der Waals surface area contributed by atoms with Crippen molar-refractivity contribution < 1.29 is 19.8 Å². The predicted molar refractivity (Wildman–Crippen MR) is 130 cm³/mol. The second kappa shape index (κ2) is 22.4. The number of unbranched alkanes of at least 4 members (excludes halogenated alkanes) is 18. The Balaban J connectivity index is 3.07. The summed E-state index contributed by atoms with van der Waals surface area (Å²) in [6.45, 7) is 0. The molecule has 0 spiro atoms. The van der Waals surface area contributed by atoms with E-state index in [0.717, 1.165) is 25.7 Å². The number of carbonyl (C=O) groups is 2. The van der Waals surface area contributed by atoms with Gasteiger partial charge in [0.2, 0.25) is 0 Å². The summed E-state index contributed by atoms with van der Waals surface area (Å²) in [5, 5.41) is 17.4. The van der Waals surface area contributed by atoms with Crippen molar-refractivity contribution in [2.75, 3.05) is 0 Å². The van der Waals surface area contributed by atoms with Crippen LogP contribution in [0.5, 0.6) is 0 Å². The minimum absolute atomic E-state index is 0.213. The number of hydrogen-bond donors (Lipinski definition) is 2. The molecule has 0 fully saturated rings. The molecule has 172 valence electrons. The van der Waals surface area contributed by atoms with Crippen LogP contribution in [-0.4, -0.2) is 26.1 Å². The highest BCUT2D eigenvalue weighted by Gasteiger charge is 2.11. The molecule has 0 aromatic heterocycles. The molecule has 0 aliphatic rings. The lowest BCUT2D eigenvalue weighted by Crippen LogP contribution is -2.11. The summed E-state index contributed by atoms with van der Waals surface area (Å²) in [5.74, 6) is -1.34. The zero-order valence-electron chi connectivity index (χ0n) is 18.5. The van der Waals surface area contributed by atoms with Gasteiger partial charge < -0.3 is 10.2 Å². The molecular weight excluding hydrogens is 479 g/mol. The van der Waals surface area contributed by atoms with E-state index in [-0.39, 0.29) is 3.92 Å². The lowest BCUT2D eigenvalue weighted by atomic mass is 10.0. The molecule has 0 radical (unpaired) electrons. The molecule has 5 heteroatoms. The normalized spacial score (nSPS) is 12.2. The zero-order chi connectivity index (χ0) is 21.6. The summed E-state index contributed by atoms with van der Waals surface area (Å²) >= 11 is 2.02. The van der Waals surface area contributed by atoms with Crippen LogP contribution >= 0.6 is 22.6 Å². The SMILES string of the molecule is O=C(O)CCCCCCCCCCCCCCCCCCCCCC(I)C(=O)O. The molecule has 0 aromatic carbocycles. The first kappa shape index (κ1) is 28.7. The quantitative estimate of drug-likeness (QED) is 0.0804. The predicted octanol–water partition coefficient (Wildman–Crippen LogP) is 8.15. The Morgan fingerprint density at radius 3 is 1.07 bits per heavy atom. The van der Waals surface area contributed by atoms with Crippen LogP contribution in [0.2, 0.25) is 0 Å². The average Bonchev–Trinajstić information content (AvgIpc) is 2.68. The maximum absolute atomic E-state index is 10.7. The minimum atomic E-state index is -0.674. The van der Waals surface area contributed by atoms with E-state index in [4.69, 9.17) is 10.2 Å². The molecule has 0 rings (SSSR count). The zero-order valence-corrected chi connectivity index (χ0v) is 20.7. The van der Waals surface area contributed by atoms with E-state index in [1.54, 1.807) is 0 Å². The first-order valence-electron chi connectivity index (χ1n) is 12.1. The summed E-state index contributed by atoms with van der Waals surface area (Å²) in [6, 6.07) is 0. The third kappa shape index (κ3) is 23.8. The van der Waals surface area contributed by atoms with Gasteiger partial charge in [-0.25, -0.2) is 0 Å². The van der Waals surface area contributed by atoms with Crippen LogP contribution in [0.25, 0.3) is 0 Å². The maximum Gasteiger partial charge on any atom is 0.316 e. The van der Waals surface area contributed by atoms with E-state index in [1.165, 1.54) is 103 Å². The van der Waals surface area contributed by atoms with Crippen molar-refractivity contribution in [3.8, 4) is 0 Å². The summed E-state index contributed by atoms with van der Waals surface area (Å²) in [5.41, 5.74) is 0. The largest absolute Gasteiger partial charge is 0.481 e. The van der Waals surface area contributed by atoms with Gasteiger partial charge in [-0.15, -0.1) is 0 Å². The first-order valence-corrected chi connectivity index (χ1v) is 13.4. The standard InChI is InChI=1S/C24H45IO4/c25-22(24(28)29)20-18-16-14-12-10-8-6-4-2-1-3-5-7-9-11-13-15-17-19-21-23(26)27/h22H,1-21H2,(H,26,27)(H,28,29). The van der Waals surface area contributed by atoms with Gasteiger partial charge in [-0.05, 0) is 12.8 Å². The number of rotatable bonds is 23. The lowest BCUT2D eigenvalue weighted by molar-refractivity contribution is -0.137. The Kier molecular flexibility index (Phi) is 22.1. The average molecular weight is 525 g/mol. The first-order chi connectivity index (χ1) is 14.0. The number of carboxylic acid groups (broad SMARTS) is 2. The Hall–Kier alpha value is -0.330. The second-order valence-corrected chi connectivity index (χ2v) is 9.96. The number of hydrogen-bond acceptors (Lipinski definition) is 2. The van der Waals surface area contributed by atoms with Crippen molar-refractivity contribution in [1.82, 2.24) is 0 Å². The molecule has 29 heavy (non-hydrogen) atoms. The van der Waals surface area contributed by atoms with E-state index < -0.39 is 11.9 Å². The highest BCUT2D eigenvalue weighted by atomic mass is 127. The Bertz CT molecular complexity index is 387. The Labute approximate surface area is 192 Å². The van der Waals surface area contributed by atoms with Gasteiger partial charge in [0.05, 0.1) is 0 Å². The Morgan fingerprint density at radius 2 is 0.793 bits per heavy atom. The monoisotopic (exact) mass is 524 g/mol. The van der Waals surface area contributed by atoms with E-state index in [1.807, 2.05) is 22.6 Å². The molecular formula is C24H45IO4. The number of alkyl halides is 1. The van der Waals surface area contributed by atoms with Crippen molar-refractivity contribution in [1.29, 1.82) is 0 Å². The number of carboxylic acids is 2. The Morgan fingerprint density at radius 1 is 0.517 bits per heavy atom. The molecule has 0 saturated carbocycles. The molecule has 0 aromatic rings. The molecule has 1 atom stereocenters. The molecule has 4 nitrogen and oxygen atoms in total. The topological polar surface area (TPSA) is 74.6 Å². The minimum Gasteiger partial charge on any atom is -0.481 e. The molecule has 0 heterocycles. The smallest absolute Gasteiger partial charge is 0.316 e. The lowest BCUT2D eigenvalue weighted by Gasteiger charge is -2.05. The van der Waals surface area contributed by atoms with Crippen LogP contribution in [0.1, 0.15) is 135 Å². The number of halogens is 1. The van der Waals surface area contributed by atoms with Crippen LogP contribution < -0.4 is 0 Å². The third-order valence-corrected chi connectivity index (χ3v) is 6.77. The van der Waals surface area contributed by atoms with Crippen LogP contribution in [0, 0.1) is 0 Å². The fourth-order valence-electron chi connectivity index (χ4n) is 3.73. The van der Waals surface area contributed by atoms with E-state index >= 15 is 0 Å². The maximum atomic E-state index is 10.7. The fraction of sp³-hybridized carbons (Fsp3) is 0.917. The summed E-state index contributed by atoms with van der Waals surface area (Å²) in [6.07, 6.45) is 25.3. The van der Waals surface area contributed by atoms with Gasteiger partial charge in [0.1, 0.15) is 3.92 Å². The summed E-state index contributed by atoms with van der Waals surface area (Å²) in [4.78, 5) is 21.1. The number of aliphatic carboxylic acids is 2. The molecule has 0 aliphatic heterocycles. The van der Waals surface area contributed by atoms with E-state index in [9.17, 15) is 9.59 Å². The molecule has 1 unspecified atom stereocenters. The molecule has 0 saturated heterocycles. The van der Waals surface area contributed by atoms with E-state index in [2.05, 4.69) is 0 Å². The fourth-order valence-corrected chi connectivity index (χ4v) is 4.17.